The fourth-order valence-corrected chi connectivity index (χ4v) is 10.7. The van der Waals surface area contributed by atoms with Crippen LogP contribution in [0.3, 0.4) is 0 Å². The van der Waals surface area contributed by atoms with Crippen molar-refractivity contribution in [2.45, 2.75) is 85.8 Å². The van der Waals surface area contributed by atoms with Crippen molar-refractivity contribution in [1.29, 1.82) is 5.26 Å². The summed E-state index contributed by atoms with van der Waals surface area (Å²) in [4.78, 5) is 17.4. The molecule has 0 spiro atoms. The van der Waals surface area contributed by atoms with E-state index in [1.165, 1.54) is 19.2 Å². The minimum Gasteiger partial charge on any atom is -0.453 e. The van der Waals surface area contributed by atoms with E-state index in [4.69, 9.17) is 4.74 Å². The van der Waals surface area contributed by atoms with E-state index in [2.05, 4.69) is 21.2 Å². The Morgan fingerprint density at radius 2 is 1.72 bits per heavy atom. The smallest absolute Gasteiger partial charge is 0.407 e. The number of carbonyl (C=O) groups excluding carboxylic acids is 1. The minimum absolute atomic E-state index is 0.0434. The molecule has 2 aromatic rings. The van der Waals surface area contributed by atoms with Gasteiger partial charge in [0.15, 0.2) is 9.84 Å². The van der Waals surface area contributed by atoms with Crippen LogP contribution in [0, 0.1) is 34.9 Å². The number of halogens is 1. The summed E-state index contributed by atoms with van der Waals surface area (Å²) in [5, 5.41) is 13.6. The van der Waals surface area contributed by atoms with E-state index < -0.39 is 21.3 Å². The second-order valence-corrected chi connectivity index (χ2v) is 16.1. The number of methoxy groups -OCH3 is 1. The average Bonchev–Trinajstić information content (AvgIpc) is 3.52. The average molecular weight is 651 g/mol. The molecule has 3 atom stereocenters. The zero-order chi connectivity index (χ0) is 32.3. The molecule has 248 valence electrons. The normalized spacial score (nSPS) is 24.9. The number of piperidine rings is 1. The maximum atomic E-state index is 14.6. The van der Waals surface area contributed by atoms with E-state index in [1.807, 2.05) is 18.2 Å². The van der Waals surface area contributed by atoms with E-state index >= 15 is 0 Å². The molecule has 4 aliphatic rings. The van der Waals surface area contributed by atoms with Gasteiger partial charge in [0.25, 0.3) is 0 Å². The third-order valence-electron chi connectivity index (χ3n) is 11.3. The number of rotatable bonds is 9. The van der Waals surface area contributed by atoms with Gasteiger partial charge in [-0.25, -0.2) is 17.6 Å². The molecule has 0 bridgehead atoms. The first-order chi connectivity index (χ1) is 22.2. The summed E-state index contributed by atoms with van der Waals surface area (Å²) < 4.78 is 45.7. The maximum absolute atomic E-state index is 14.6. The van der Waals surface area contributed by atoms with Crippen molar-refractivity contribution in [2.24, 2.45) is 17.8 Å². The van der Waals surface area contributed by atoms with Gasteiger partial charge >= 0.3 is 6.09 Å². The van der Waals surface area contributed by atoms with Gasteiger partial charge in [-0.2, -0.15) is 5.26 Å². The molecule has 1 amide bonds. The summed E-state index contributed by atoms with van der Waals surface area (Å²) in [7, 11) is -1.91. The first-order valence-electron chi connectivity index (χ1n) is 17.1. The van der Waals surface area contributed by atoms with Gasteiger partial charge in [-0.3, -0.25) is 0 Å². The second-order valence-electron chi connectivity index (χ2n) is 13.9. The highest BCUT2D eigenvalue weighted by Crippen LogP contribution is 2.50. The molecule has 6 rings (SSSR count). The number of amides is 1. The summed E-state index contributed by atoms with van der Waals surface area (Å²) in [6.45, 7) is 4.59. The van der Waals surface area contributed by atoms with Crippen molar-refractivity contribution >= 4 is 21.6 Å². The van der Waals surface area contributed by atoms with Crippen molar-refractivity contribution < 1.29 is 22.3 Å². The van der Waals surface area contributed by atoms with Gasteiger partial charge in [0.1, 0.15) is 5.82 Å². The Bertz CT molecular complexity index is 1510. The lowest BCUT2D eigenvalue weighted by Crippen LogP contribution is -2.55. The number of likely N-dealkylation sites (tertiary alicyclic amines) is 1. The molecule has 2 aliphatic carbocycles. The molecule has 1 N–H and O–H groups in total. The topological polar surface area (TPSA) is 103 Å². The Balaban J connectivity index is 1.07. The van der Waals surface area contributed by atoms with Crippen LogP contribution >= 0.6 is 0 Å². The Kier molecular flexibility index (Phi) is 9.91. The highest BCUT2D eigenvalue weighted by atomic mass is 32.2. The maximum Gasteiger partial charge on any atom is 0.407 e. The molecule has 8 nitrogen and oxygen atoms in total. The predicted molar refractivity (Wildman–Crippen MR) is 176 cm³/mol. The highest BCUT2D eigenvalue weighted by Gasteiger charge is 2.52. The van der Waals surface area contributed by atoms with Crippen LogP contribution in [0.1, 0.15) is 69.8 Å². The van der Waals surface area contributed by atoms with Crippen molar-refractivity contribution in [2.75, 3.05) is 44.7 Å². The molecule has 10 heteroatoms. The zero-order valence-corrected chi connectivity index (χ0v) is 27.7. The molecule has 4 fully saturated rings. The van der Waals surface area contributed by atoms with E-state index in [0.29, 0.717) is 16.4 Å². The number of carbonyl (C=O) groups is 1. The van der Waals surface area contributed by atoms with Crippen molar-refractivity contribution in [1.82, 2.24) is 10.2 Å². The first-order valence-corrected chi connectivity index (χ1v) is 18.6. The number of anilines is 1. The Morgan fingerprint density at radius 1 is 1.00 bits per heavy atom. The van der Waals surface area contributed by atoms with Gasteiger partial charge in [0.05, 0.1) is 28.7 Å². The fraction of sp³-hybridized carbons (Fsp3) is 0.611. The van der Waals surface area contributed by atoms with Gasteiger partial charge in [-0.15, -0.1) is 0 Å². The Labute approximate surface area is 273 Å². The monoisotopic (exact) mass is 650 g/mol. The van der Waals surface area contributed by atoms with Crippen LogP contribution in [-0.2, 0) is 20.0 Å². The molecule has 2 aliphatic heterocycles. The number of benzene rings is 2. The molecule has 2 saturated carbocycles. The van der Waals surface area contributed by atoms with E-state index in [1.54, 1.807) is 18.2 Å². The van der Waals surface area contributed by atoms with Crippen LogP contribution in [0.2, 0.25) is 0 Å². The molecule has 2 saturated heterocycles. The summed E-state index contributed by atoms with van der Waals surface area (Å²) in [5.41, 5.74) is 0.877. The fourth-order valence-electron chi connectivity index (χ4n) is 8.87. The number of hydrogen-bond donors (Lipinski definition) is 1. The number of nitrogens with one attached hydrogen (secondary N) is 1. The van der Waals surface area contributed by atoms with Crippen LogP contribution < -0.4 is 10.2 Å². The number of sulfone groups is 1. The Morgan fingerprint density at radius 3 is 2.37 bits per heavy atom. The minimum atomic E-state index is -3.26. The van der Waals surface area contributed by atoms with Gasteiger partial charge in [0.2, 0.25) is 0 Å². The third kappa shape index (κ3) is 6.50. The summed E-state index contributed by atoms with van der Waals surface area (Å²) in [6, 6.07) is 16.5. The van der Waals surface area contributed by atoms with Gasteiger partial charge in [-0.05, 0) is 99.5 Å². The molecule has 0 unspecified atom stereocenters. The number of ether oxygens (including phenoxy) is 1. The SMILES string of the molecule is COC(=O)N[C@H]1CCC[C@@H]1[C@](C#N)(c1cccc(F)c1)C1CCN(CC2CN(c3ccc(S(=O)(=O)C4CCCCC4)cc3)C2)CC1. The second kappa shape index (κ2) is 13.9. The summed E-state index contributed by atoms with van der Waals surface area (Å²) >= 11 is 0. The van der Waals surface area contributed by atoms with Crippen molar-refractivity contribution in [3.63, 3.8) is 0 Å². The van der Waals surface area contributed by atoms with E-state index in [0.717, 1.165) is 103 Å². The molecular weight excluding hydrogens is 603 g/mol. The Hall–Kier alpha value is -3.16. The van der Waals surface area contributed by atoms with E-state index in [-0.39, 0.29) is 28.9 Å². The van der Waals surface area contributed by atoms with Crippen LogP contribution in [0.4, 0.5) is 14.9 Å². The molecule has 2 heterocycles. The number of alkyl carbamates (subject to hydrolysis) is 1. The predicted octanol–water partition coefficient (Wildman–Crippen LogP) is 6.07. The lowest BCUT2D eigenvalue weighted by atomic mass is 9.59. The molecule has 46 heavy (non-hydrogen) atoms. The molecular formula is C36H47FN4O4S. The van der Waals surface area contributed by atoms with Crippen LogP contribution in [0.5, 0.6) is 0 Å². The van der Waals surface area contributed by atoms with Crippen molar-refractivity contribution in [3.8, 4) is 6.07 Å². The zero-order valence-electron chi connectivity index (χ0n) is 26.9. The summed E-state index contributed by atoms with van der Waals surface area (Å²) in [5.74, 6) is 0.0933. The van der Waals surface area contributed by atoms with Crippen LogP contribution in [-0.4, -0.2) is 70.5 Å². The van der Waals surface area contributed by atoms with Gasteiger partial charge in [-0.1, -0.05) is 37.8 Å². The van der Waals surface area contributed by atoms with Crippen LogP contribution in [0.25, 0.3) is 0 Å². The summed E-state index contributed by atoms with van der Waals surface area (Å²) in [6.07, 6.45) is 8.30. The van der Waals surface area contributed by atoms with E-state index in [9.17, 15) is 22.9 Å². The molecule has 0 radical (unpaired) electrons. The standard InChI is InChI=1S/C36H47FN4O4S/c1-45-35(42)39-34-12-6-11-33(34)36(25-38,28-7-5-8-29(37)21-28)27-17-19-40(20-18-27)22-26-23-41(24-26)30-13-15-32(16-14-30)46(43,44)31-9-3-2-4-10-31/h5,7-8,13-16,21,26-27,31,33-34H,2-4,6,9-12,17-20,22-24H2,1H3,(H,39,42)/t33-,34-,36-/m0/s1. The number of nitrogens with zero attached hydrogens (tertiary/aromatic N) is 3. The highest BCUT2D eigenvalue weighted by molar-refractivity contribution is 7.92. The first kappa shape index (κ1) is 32.8. The largest absolute Gasteiger partial charge is 0.453 e. The van der Waals surface area contributed by atoms with Crippen molar-refractivity contribution in [3.05, 3.63) is 59.9 Å². The number of hydrogen-bond acceptors (Lipinski definition) is 7. The molecule has 0 aromatic heterocycles. The lowest BCUT2D eigenvalue weighted by Gasteiger charge is -2.48. The lowest BCUT2D eigenvalue weighted by molar-refractivity contribution is 0.0938. The molecule has 2 aromatic carbocycles. The van der Waals surface area contributed by atoms with Crippen LogP contribution in [0.15, 0.2) is 53.4 Å². The van der Waals surface area contributed by atoms with Gasteiger partial charge < -0.3 is 19.9 Å². The third-order valence-corrected chi connectivity index (χ3v) is 13.6. The van der Waals surface area contributed by atoms with Gasteiger partial charge in [0, 0.05) is 43.2 Å². The number of nitriles is 1. The quantitative estimate of drug-likeness (QED) is 0.352.